The summed E-state index contributed by atoms with van der Waals surface area (Å²) in [5, 5.41) is 2.91. The normalized spacial score (nSPS) is 24.5. The molecule has 2 atom stereocenters. The zero-order chi connectivity index (χ0) is 30.5. The molecule has 1 saturated heterocycles. The zero-order valence-electron chi connectivity index (χ0n) is 23.8. The van der Waals surface area contributed by atoms with E-state index < -0.39 is 21.6 Å². The van der Waals surface area contributed by atoms with E-state index in [9.17, 15) is 14.4 Å². The molecule has 2 bridgehead atoms. The van der Waals surface area contributed by atoms with Crippen LogP contribution in [0.3, 0.4) is 0 Å². The standard InChI is InChI=1S/C36H30Cl2N2O4/c37-35-26-13-6-7-14-27(26)36(38,29-16-9-8-15-28(29)35)32-31(35)33(42)40(34(32)43)22-10-2-5-17-30(41)39-23-18-20-25(21-19-23)44-24-11-3-1-4-12-24/h1,3-4,6-9,11-16,18-21,31-32H,2,5,10,17,22H2,(H,39,41)/t31-,32-,35?,36?/m1/s1. The molecule has 0 unspecified atom stereocenters. The maximum atomic E-state index is 13.9. The van der Waals surface area contributed by atoms with Crippen molar-refractivity contribution in [3.8, 4) is 11.5 Å². The summed E-state index contributed by atoms with van der Waals surface area (Å²) in [5.74, 6) is -0.791. The Hall–Kier alpha value is -4.13. The van der Waals surface area contributed by atoms with E-state index >= 15 is 0 Å². The average Bonchev–Trinajstić information content (AvgIpc) is 3.31. The first-order valence-electron chi connectivity index (χ1n) is 14.9. The van der Waals surface area contributed by atoms with Gasteiger partial charge in [0.2, 0.25) is 17.7 Å². The van der Waals surface area contributed by atoms with Gasteiger partial charge in [-0.25, -0.2) is 0 Å². The molecule has 8 heteroatoms. The molecule has 4 aromatic carbocycles. The van der Waals surface area contributed by atoms with Gasteiger partial charge < -0.3 is 10.1 Å². The second kappa shape index (κ2) is 11.1. The van der Waals surface area contributed by atoms with Crippen LogP contribution in [0.5, 0.6) is 11.5 Å². The molecule has 0 saturated carbocycles. The van der Waals surface area contributed by atoms with Crippen molar-refractivity contribution < 1.29 is 19.1 Å². The van der Waals surface area contributed by atoms with Crippen LogP contribution in [0.25, 0.3) is 0 Å². The summed E-state index contributed by atoms with van der Waals surface area (Å²) in [4.78, 5) is 39.4. The van der Waals surface area contributed by atoms with Gasteiger partial charge in [0.05, 0.1) is 11.8 Å². The van der Waals surface area contributed by atoms with Crippen molar-refractivity contribution in [3.05, 3.63) is 125 Å². The van der Waals surface area contributed by atoms with Gasteiger partial charge in [-0.2, -0.15) is 0 Å². The number of nitrogens with one attached hydrogen (secondary N) is 1. The Morgan fingerprint density at radius 3 is 1.66 bits per heavy atom. The number of imide groups is 1. The summed E-state index contributed by atoms with van der Waals surface area (Å²) in [7, 11) is 0. The predicted octanol–water partition coefficient (Wildman–Crippen LogP) is 7.57. The number of hydrogen-bond acceptors (Lipinski definition) is 4. The fraction of sp³-hybridized carbons (Fsp3) is 0.250. The SMILES string of the molecule is O=C(CCCCCN1C(=O)[C@H]2[C@H](C1=O)C1(Cl)c3ccccc3C2(Cl)c2ccccc21)Nc1ccc(Oc2ccccc2)cc1. The molecular weight excluding hydrogens is 595 g/mol. The minimum absolute atomic E-state index is 0.0960. The first kappa shape index (κ1) is 28.6. The molecule has 44 heavy (non-hydrogen) atoms. The molecule has 0 aromatic heterocycles. The average molecular weight is 626 g/mol. The summed E-state index contributed by atoms with van der Waals surface area (Å²) in [5.41, 5.74) is 3.87. The highest BCUT2D eigenvalue weighted by atomic mass is 35.5. The van der Waals surface area contributed by atoms with Crippen LogP contribution in [0.4, 0.5) is 5.69 Å². The van der Waals surface area contributed by atoms with Gasteiger partial charge in [0.1, 0.15) is 21.2 Å². The lowest BCUT2D eigenvalue weighted by atomic mass is 9.54. The predicted molar refractivity (Wildman–Crippen MR) is 170 cm³/mol. The topological polar surface area (TPSA) is 75.7 Å². The van der Waals surface area contributed by atoms with Crippen molar-refractivity contribution in [2.45, 2.75) is 35.4 Å². The van der Waals surface area contributed by atoms with Crippen molar-refractivity contribution in [2.75, 3.05) is 11.9 Å². The Kier molecular flexibility index (Phi) is 7.22. The summed E-state index contributed by atoms with van der Waals surface area (Å²) >= 11 is 14.9. The zero-order valence-corrected chi connectivity index (χ0v) is 25.4. The van der Waals surface area contributed by atoms with E-state index in [4.69, 9.17) is 27.9 Å². The van der Waals surface area contributed by atoms with Gasteiger partial charge in [-0.3, -0.25) is 19.3 Å². The number of benzene rings is 4. The summed E-state index contributed by atoms with van der Waals surface area (Å²) in [6, 6.07) is 32.0. The second-order valence-corrected chi connectivity index (χ2v) is 12.8. The second-order valence-electron chi connectivity index (χ2n) is 11.6. The van der Waals surface area contributed by atoms with Crippen LogP contribution in [0.2, 0.25) is 0 Å². The number of hydrogen-bond donors (Lipinski definition) is 1. The molecule has 3 aliphatic carbocycles. The molecule has 0 radical (unpaired) electrons. The van der Waals surface area contributed by atoms with Crippen molar-refractivity contribution in [2.24, 2.45) is 11.8 Å². The van der Waals surface area contributed by atoms with E-state index in [0.29, 0.717) is 37.1 Å². The number of likely N-dealkylation sites (tertiary alicyclic amines) is 1. The molecular formula is C36H30Cl2N2O4. The number of carbonyl (C=O) groups is 3. The van der Waals surface area contributed by atoms with Crippen molar-refractivity contribution in [1.82, 2.24) is 4.90 Å². The number of anilines is 1. The van der Waals surface area contributed by atoms with Gasteiger partial charge in [-0.05, 0) is 71.5 Å². The number of nitrogens with zero attached hydrogens (tertiary/aromatic N) is 1. The third-order valence-corrected chi connectivity index (χ3v) is 10.4. The molecule has 222 valence electrons. The maximum absolute atomic E-state index is 13.9. The first-order valence-corrected chi connectivity index (χ1v) is 15.6. The molecule has 6 nitrogen and oxygen atoms in total. The van der Waals surface area contributed by atoms with Gasteiger partial charge in [0.25, 0.3) is 0 Å². The molecule has 8 rings (SSSR count). The third kappa shape index (κ3) is 4.42. The molecule has 1 heterocycles. The minimum Gasteiger partial charge on any atom is -0.457 e. The molecule has 1 N–H and O–H groups in total. The van der Waals surface area contributed by atoms with Crippen molar-refractivity contribution >= 4 is 46.6 Å². The molecule has 4 aromatic rings. The van der Waals surface area contributed by atoms with Crippen LogP contribution in [-0.2, 0) is 24.1 Å². The number of ether oxygens (including phenoxy) is 1. The van der Waals surface area contributed by atoms with Crippen LogP contribution in [0.15, 0.2) is 103 Å². The van der Waals surface area contributed by atoms with E-state index in [1.54, 1.807) is 12.1 Å². The van der Waals surface area contributed by atoms with Gasteiger partial charge in [0.15, 0.2) is 0 Å². The third-order valence-electron chi connectivity index (χ3n) is 9.08. The number of para-hydroxylation sites is 1. The Morgan fingerprint density at radius 1 is 0.659 bits per heavy atom. The van der Waals surface area contributed by atoms with Gasteiger partial charge in [-0.15, -0.1) is 23.2 Å². The number of amides is 3. The van der Waals surface area contributed by atoms with Crippen LogP contribution in [0, 0.1) is 11.8 Å². The molecule has 0 spiro atoms. The number of alkyl halides is 2. The fourth-order valence-electron chi connectivity index (χ4n) is 7.13. The largest absolute Gasteiger partial charge is 0.457 e. The summed E-state index contributed by atoms with van der Waals surface area (Å²) in [6.07, 6.45) is 2.22. The molecule has 4 aliphatic rings. The van der Waals surface area contributed by atoms with Crippen LogP contribution < -0.4 is 10.1 Å². The lowest BCUT2D eigenvalue weighted by Gasteiger charge is -2.54. The highest BCUT2D eigenvalue weighted by Crippen LogP contribution is 2.69. The number of carbonyl (C=O) groups excluding carboxylic acids is 3. The van der Waals surface area contributed by atoms with Gasteiger partial charge >= 0.3 is 0 Å². The minimum atomic E-state index is -1.17. The van der Waals surface area contributed by atoms with Crippen LogP contribution >= 0.6 is 23.2 Å². The summed E-state index contributed by atoms with van der Waals surface area (Å²) in [6.45, 7) is 0.266. The quantitative estimate of drug-likeness (QED) is 0.118. The summed E-state index contributed by atoms with van der Waals surface area (Å²) < 4.78 is 5.80. The lowest BCUT2D eigenvalue weighted by Crippen LogP contribution is -2.57. The highest BCUT2D eigenvalue weighted by molar-refractivity contribution is 6.36. The van der Waals surface area contributed by atoms with Crippen LogP contribution in [-0.4, -0.2) is 29.2 Å². The lowest BCUT2D eigenvalue weighted by molar-refractivity contribution is -0.140. The van der Waals surface area contributed by atoms with E-state index in [2.05, 4.69) is 5.32 Å². The fourth-order valence-corrected chi connectivity index (χ4v) is 8.23. The number of halogens is 2. The van der Waals surface area contributed by atoms with Gasteiger partial charge in [-0.1, -0.05) is 73.2 Å². The maximum Gasteiger partial charge on any atom is 0.235 e. The molecule has 1 fully saturated rings. The Balaban J connectivity index is 0.962. The molecule has 1 aliphatic heterocycles. The Bertz CT molecular complexity index is 1640. The van der Waals surface area contributed by atoms with Crippen molar-refractivity contribution in [1.29, 1.82) is 0 Å². The van der Waals surface area contributed by atoms with E-state index in [0.717, 1.165) is 28.0 Å². The Morgan fingerprint density at radius 2 is 1.14 bits per heavy atom. The van der Waals surface area contributed by atoms with E-state index in [1.807, 2.05) is 91.0 Å². The van der Waals surface area contributed by atoms with E-state index in [1.165, 1.54) is 4.90 Å². The monoisotopic (exact) mass is 624 g/mol. The van der Waals surface area contributed by atoms with E-state index in [-0.39, 0.29) is 24.3 Å². The van der Waals surface area contributed by atoms with Gasteiger partial charge in [0, 0.05) is 18.7 Å². The smallest absolute Gasteiger partial charge is 0.235 e. The van der Waals surface area contributed by atoms with Crippen molar-refractivity contribution in [3.63, 3.8) is 0 Å². The molecule has 3 amide bonds. The highest BCUT2D eigenvalue weighted by Gasteiger charge is 2.72. The number of unbranched alkanes of at least 4 members (excludes halogenated alkanes) is 2. The first-order chi connectivity index (χ1) is 21.3. The number of rotatable bonds is 9. The van der Waals surface area contributed by atoms with Crippen LogP contribution in [0.1, 0.15) is 47.9 Å². The Labute approximate surface area is 265 Å².